The Hall–Kier alpha value is -4.25. The number of nitro benzene ring substituents is 1. The van der Waals surface area contributed by atoms with E-state index in [0.717, 1.165) is 9.37 Å². The van der Waals surface area contributed by atoms with Crippen molar-refractivity contribution < 1.29 is 28.5 Å². The first-order valence-electron chi connectivity index (χ1n) is 9.38. The highest BCUT2D eigenvalue weighted by atomic mass is 79.9. The number of nitro groups is 1. The van der Waals surface area contributed by atoms with Crippen LogP contribution in [-0.4, -0.2) is 29.9 Å². The summed E-state index contributed by atoms with van der Waals surface area (Å²) in [6.45, 7) is 0. The number of urea groups is 1. The van der Waals surface area contributed by atoms with Crippen molar-refractivity contribution in [3.63, 3.8) is 0 Å². The summed E-state index contributed by atoms with van der Waals surface area (Å²) < 4.78 is 11.7. The van der Waals surface area contributed by atoms with E-state index < -0.39 is 22.8 Å². The quantitative estimate of drug-likeness (QED) is 0.233. The fourth-order valence-corrected chi connectivity index (χ4v) is 3.47. The predicted molar refractivity (Wildman–Crippen MR) is 120 cm³/mol. The first-order chi connectivity index (χ1) is 15.8. The summed E-state index contributed by atoms with van der Waals surface area (Å²) in [5.74, 6) is -0.997. The summed E-state index contributed by atoms with van der Waals surface area (Å²) in [4.78, 5) is 49.0. The molecule has 0 atom stereocenters. The van der Waals surface area contributed by atoms with Crippen LogP contribution in [0.5, 0.6) is 5.75 Å². The van der Waals surface area contributed by atoms with Crippen LogP contribution >= 0.6 is 15.9 Å². The fraction of sp³-hybridized carbons (Fsp3) is 0.0455. The van der Waals surface area contributed by atoms with Gasteiger partial charge in [-0.3, -0.25) is 25.0 Å². The summed E-state index contributed by atoms with van der Waals surface area (Å²) in [5.41, 5.74) is 0.125. The molecular formula is C22H14BrN3O7. The van der Waals surface area contributed by atoms with Gasteiger partial charge in [0, 0.05) is 16.6 Å². The van der Waals surface area contributed by atoms with Crippen molar-refractivity contribution in [1.29, 1.82) is 0 Å². The minimum Gasteiger partial charge on any atom is -0.496 e. The van der Waals surface area contributed by atoms with Gasteiger partial charge in [-0.2, -0.15) is 0 Å². The highest BCUT2D eigenvalue weighted by Gasteiger charge is 2.37. The summed E-state index contributed by atoms with van der Waals surface area (Å²) in [6, 6.07) is 12.6. The van der Waals surface area contributed by atoms with Crippen molar-refractivity contribution in [3.05, 3.63) is 80.5 Å². The zero-order chi connectivity index (χ0) is 23.7. The van der Waals surface area contributed by atoms with Crippen LogP contribution in [0.25, 0.3) is 17.4 Å². The molecule has 2 aromatic carbocycles. The molecule has 0 spiro atoms. The van der Waals surface area contributed by atoms with E-state index in [1.807, 2.05) is 0 Å². The maximum Gasteiger partial charge on any atom is 0.335 e. The van der Waals surface area contributed by atoms with Crippen molar-refractivity contribution in [3.8, 4) is 17.1 Å². The fourth-order valence-electron chi connectivity index (χ4n) is 3.20. The van der Waals surface area contributed by atoms with Crippen molar-refractivity contribution in [2.24, 2.45) is 0 Å². The molecule has 0 aliphatic carbocycles. The summed E-state index contributed by atoms with van der Waals surface area (Å²) in [5, 5.41) is 13.3. The van der Waals surface area contributed by atoms with Crippen molar-refractivity contribution >= 4 is 51.2 Å². The molecule has 11 heteroatoms. The molecule has 1 aliphatic heterocycles. The van der Waals surface area contributed by atoms with Crippen molar-refractivity contribution in [2.75, 3.05) is 12.0 Å². The monoisotopic (exact) mass is 511 g/mol. The molecule has 1 fully saturated rings. The van der Waals surface area contributed by atoms with Gasteiger partial charge in [0.2, 0.25) is 0 Å². The van der Waals surface area contributed by atoms with Gasteiger partial charge < -0.3 is 9.15 Å². The number of benzene rings is 2. The minimum atomic E-state index is -0.871. The largest absolute Gasteiger partial charge is 0.496 e. The van der Waals surface area contributed by atoms with Gasteiger partial charge in [-0.15, -0.1) is 0 Å². The first-order valence-corrected chi connectivity index (χ1v) is 10.2. The van der Waals surface area contributed by atoms with E-state index in [9.17, 15) is 24.5 Å². The van der Waals surface area contributed by atoms with E-state index in [2.05, 4.69) is 21.2 Å². The predicted octanol–water partition coefficient (Wildman–Crippen LogP) is 4.29. The number of furan rings is 1. The second kappa shape index (κ2) is 8.71. The highest BCUT2D eigenvalue weighted by Crippen LogP contribution is 2.35. The molecule has 166 valence electrons. The molecule has 0 bridgehead atoms. The molecular weight excluding hydrogens is 498 g/mol. The lowest BCUT2D eigenvalue weighted by atomic mass is 10.1. The second-order valence-electron chi connectivity index (χ2n) is 6.78. The van der Waals surface area contributed by atoms with Crippen LogP contribution in [0, 0.1) is 10.1 Å². The van der Waals surface area contributed by atoms with Crippen molar-refractivity contribution in [2.45, 2.75) is 0 Å². The number of imide groups is 2. The third-order valence-corrected chi connectivity index (χ3v) is 5.29. The first kappa shape index (κ1) is 22.0. The van der Waals surface area contributed by atoms with Gasteiger partial charge in [0.25, 0.3) is 17.5 Å². The van der Waals surface area contributed by atoms with E-state index in [1.54, 1.807) is 24.3 Å². The SMILES string of the molecule is COc1ccc([N+](=O)[O-])cc1-c1ccc(/C=C2\C(=O)NC(=O)N(c3ccc(Br)cc3)C2=O)o1. The van der Waals surface area contributed by atoms with Crippen LogP contribution in [0.2, 0.25) is 0 Å². The number of carbonyl (C=O) groups excluding carboxylic acids is 3. The maximum atomic E-state index is 13.0. The van der Waals surface area contributed by atoms with E-state index in [0.29, 0.717) is 11.3 Å². The summed E-state index contributed by atoms with van der Waals surface area (Å²) in [7, 11) is 1.41. The number of hydrogen-bond acceptors (Lipinski definition) is 7. The second-order valence-corrected chi connectivity index (χ2v) is 7.69. The van der Waals surface area contributed by atoms with Crippen LogP contribution in [0.1, 0.15) is 5.76 Å². The normalized spacial score (nSPS) is 15.0. The lowest BCUT2D eigenvalue weighted by Crippen LogP contribution is -2.54. The highest BCUT2D eigenvalue weighted by molar-refractivity contribution is 9.10. The molecule has 2 heterocycles. The van der Waals surface area contributed by atoms with Gasteiger partial charge in [-0.25, -0.2) is 9.69 Å². The number of methoxy groups -OCH3 is 1. The number of amides is 4. The lowest BCUT2D eigenvalue weighted by Gasteiger charge is -2.26. The van der Waals surface area contributed by atoms with Crippen LogP contribution in [0.15, 0.2) is 69.1 Å². The molecule has 1 aromatic heterocycles. The van der Waals surface area contributed by atoms with Gasteiger partial charge >= 0.3 is 6.03 Å². The molecule has 4 amide bonds. The van der Waals surface area contributed by atoms with Crippen LogP contribution in [0.4, 0.5) is 16.2 Å². The molecule has 4 rings (SSSR count). The standard InChI is InChI=1S/C22H14BrN3O7/c1-32-18-8-6-14(26(30)31)10-16(18)19-9-7-15(33-19)11-17-20(27)24-22(29)25(21(17)28)13-4-2-12(23)3-5-13/h2-11H,1H3,(H,24,27,29)/b17-11+. The van der Waals surface area contributed by atoms with Gasteiger partial charge in [0.05, 0.1) is 23.3 Å². The Morgan fingerprint density at radius 1 is 1.09 bits per heavy atom. The Bertz CT molecular complexity index is 1330. The third kappa shape index (κ3) is 4.26. The average Bonchev–Trinajstić information content (AvgIpc) is 3.26. The number of nitrogens with zero attached hydrogens (tertiary/aromatic N) is 2. The van der Waals surface area contributed by atoms with E-state index >= 15 is 0 Å². The molecule has 1 aliphatic rings. The molecule has 3 aromatic rings. The summed E-state index contributed by atoms with van der Waals surface area (Å²) in [6.07, 6.45) is 1.20. The van der Waals surface area contributed by atoms with Gasteiger partial charge in [0.1, 0.15) is 22.8 Å². The van der Waals surface area contributed by atoms with E-state index in [4.69, 9.17) is 9.15 Å². The Kier molecular flexibility index (Phi) is 5.80. The maximum absolute atomic E-state index is 13.0. The number of nitrogens with one attached hydrogen (secondary N) is 1. The number of rotatable bonds is 5. The number of anilines is 1. The Labute approximate surface area is 194 Å². The topological polar surface area (TPSA) is 132 Å². The van der Waals surface area contributed by atoms with Crippen LogP contribution in [0.3, 0.4) is 0 Å². The minimum absolute atomic E-state index is 0.127. The number of hydrogen-bond donors (Lipinski definition) is 1. The number of barbiturate groups is 1. The zero-order valence-corrected chi connectivity index (χ0v) is 18.5. The smallest absolute Gasteiger partial charge is 0.335 e. The summed E-state index contributed by atoms with van der Waals surface area (Å²) >= 11 is 3.28. The molecule has 10 nitrogen and oxygen atoms in total. The van der Waals surface area contributed by atoms with Crippen LogP contribution in [-0.2, 0) is 9.59 Å². The van der Waals surface area contributed by atoms with Gasteiger partial charge in [0.15, 0.2) is 0 Å². The molecule has 1 N–H and O–H groups in total. The Morgan fingerprint density at radius 3 is 2.48 bits per heavy atom. The third-order valence-electron chi connectivity index (χ3n) is 4.76. The molecule has 33 heavy (non-hydrogen) atoms. The lowest BCUT2D eigenvalue weighted by molar-refractivity contribution is -0.384. The number of halogens is 1. The number of carbonyl (C=O) groups is 3. The van der Waals surface area contributed by atoms with E-state index in [1.165, 1.54) is 43.5 Å². The average molecular weight is 512 g/mol. The van der Waals surface area contributed by atoms with Crippen molar-refractivity contribution in [1.82, 2.24) is 5.32 Å². The molecule has 0 unspecified atom stereocenters. The van der Waals surface area contributed by atoms with Crippen LogP contribution < -0.4 is 15.0 Å². The van der Waals surface area contributed by atoms with Gasteiger partial charge in [-0.05, 0) is 48.5 Å². The molecule has 0 saturated carbocycles. The Morgan fingerprint density at radius 2 is 1.82 bits per heavy atom. The van der Waals surface area contributed by atoms with E-state index in [-0.39, 0.29) is 28.5 Å². The number of non-ortho nitro benzene ring substituents is 1. The number of ether oxygens (including phenoxy) is 1. The van der Waals surface area contributed by atoms with Gasteiger partial charge in [-0.1, -0.05) is 15.9 Å². The molecule has 1 saturated heterocycles. The Balaban J connectivity index is 1.70. The zero-order valence-electron chi connectivity index (χ0n) is 16.9. The molecule has 0 radical (unpaired) electrons.